The molecule has 0 spiro atoms. The van der Waals surface area contributed by atoms with E-state index in [2.05, 4.69) is 5.32 Å². The molecule has 118 valence electrons. The average molecular weight is 310 g/mol. The molecule has 0 saturated heterocycles. The van der Waals surface area contributed by atoms with Crippen LogP contribution in [-0.4, -0.2) is 18.0 Å². The van der Waals surface area contributed by atoms with E-state index in [4.69, 9.17) is 28.0 Å². The number of anilines is 2. The molecule has 7 nitrogen and oxygen atoms in total. The molecule has 0 saturated carbocycles. The number of amides is 1. The van der Waals surface area contributed by atoms with Gasteiger partial charge in [-0.1, -0.05) is 6.07 Å². The van der Waals surface area contributed by atoms with Crippen molar-refractivity contribution in [3.63, 3.8) is 0 Å². The Bertz CT molecular complexity index is 784. The van der Waals surface area contributed by atoms with Gasteiger partial charge in [0.05, 0.1) is 0 Å². The summed E-state index contributed by atoms with van der Waals surface area (Å²) in [5, 5.41) is 17.5. The Labute approximate surface area is 133 Å². The fourth-order valence-corrected chi connectivity index (χ4v) is 2.07. The lowest BCUT2D eigenvalue weighted by Crippen LogP contribution is -2.24. The number of nitrogens with one attached hydrogen (secondary N) is 3. The van der Waals surface area contributed by atoms with E-state index in [0.717, 1.165) is 5.56 Å². The predicted molar refractivity (Wildman–Crippen MR) is 91.8 cm³/mol. The molecule has 0 heterocycles. The van der Waals surface area contributed by atoms with Gasteiger partial charge >= 0.3 is 0 Å². The van der Waals surface area contributed by atoms with Crippen molar-refractivity contribution in [3.8, 4) is 0 Å². The molecule has 9 N–H and O–H groups in total. The molecule has 2 aromatic carbocycles. The highest BCUT2D eigenvalue weighted by Crippen LogP contribution is 2.15. The van der Waals surface area contributed by atoms with Gasteiger partial charge in [-0.2, -0.15) is 0 Å². The number of hydrogen-bond donors (Lipinski definition) is 6. The monoisotopic (exact) mass is 310 g/mol. The van der Waals surface area contributed by atoms with E-state index in [-0.39, 0.29) is 11.7 Å². The summed E-state index contributed by atoms with van der Waals surface area (Å²) >= 11 is 0. The lowest BCUT2D eigenvalue weighted by molar-refractivity contribution is 0.0951. The van der Waals surface area contributed by atoms with Crippen molar-refractivity contribution in [1.29, 1.82) is 10.8 Å². The highest BCUT2D eigenvalue weighted by atomic mass is 16.1. The Kier molecular flexibility index (Phi) is 4.61. The van der Waals surface area contributed by atoms with Crippen molar-refractivity contribution >= 4 is 29.3 Å². The summed E-state index contributed by atoms with van der Waals surface area (Å²) in [4.78, 5) is 12.2. The number of hydrogen-bond acceptors (Lipinski definition) is 5. The molecule has 7 heteroatoms. The predicted octanol–water partition coefficient (Wildman–Crippen LogP) is 1.06. The summed E-state index contributed by atoms with van der Waals surface area (Å²) in [5.74, 6) is -0.493. The van der Waals surface area contributed by atoms with Crippen LogP contribution in [0.2, 0.25) is 0 Å². The van der Waals surface area contributed by atoms with E-state index >= 15 is 0 Å². The maximum absolute atomic E-state index is 12.2. The maximum atomic E-state index is 12.2. The Hall–Kier alpha value is -3.35. The number of nitrogen functional groups attached to an aromatic ring is 3. The Balaban J connectivity index is 2.12. The van der Waals surface area contributed by atoms with Crippen LogP contribution in [-0.2, 0) is 6.54 Å². The second-order valence-electron chi connectivity index (χ2n) is 5.01. The van der Waals surface area contributed by atoms with Gasteiger partial charge in [0.15, 0.2) is 0 Å². The molecule has 0 bridgehead atoms. The summed E-state index contributed by atoms with van der Waals surface area (Å²) in [5.41, 5.74) is 19.9. The van der Waals surface area contributed by atoms with Crippen LogP contribution >= 0.6 is 0 Å². The molecular weight excluding hydrogens is 292 g/mol. The molecule has 2 rings (SSSR count). The third-order valence-electron chi connectivity index (χ3n) is 3.37. The second-order valence-corrected chi connectivity index (χ2v) is 5.01. The highest BCUT2D eigenvalue weighted by Gasteiger charge is 2.10. The first kappa shape index (κ1) is 16.0. The maximum Gasteiger partial charge on any atom is 0.251 e. The molecule has 0 aliphatic heterocycles. The smallest absolute Gasteiger partial charge is 0.251 e. The molecule has 2 aromatic rings. The van der Waals surface area contributed by atoms with E-state index in [1.165, 1.54) is 12.3 Å². The number of benzene rings is 2. The zero-order chi connectivity index (χ0) is 17.0. The van der Waals surface area contributed by atoms with Crippen molar-refractivity contribution < 1.29 is 4.79 Å². The molecule has 0 aliphatic rings. The van der Waals surface area contributed by atoms with E-state index in [9.17, 15) is 4.79 Å². The van der Waals surface area contributed by atoms with Gasteiger partial charge in [0, 0.05) is 40.8 Å². The van der Waals surface area contributed by atoms with Crippen molar-refractivity contribution in [2.24, 2.45) is 5.73 Å². The zero-order valence-corrected chi connectivity index (χ0v) is 12.4. The topological polar surface area (TPSA) is 155 Å². The van der Waals surface area contributed by atoms with Crippen LogP contribution in [0.3, 0.4) is 0 Å². The minimum atomic E-state index is -0.305. The molecule has 1 amide bonds. The zero-order valence-electron chi connectivity index (χ0n) is 12.4. The molecule has 0 aliphatic carbocycles. The normalized spacial score (nSPS) is 10.1. The largest absolute Gasteiger partial charge is 0.398 e. The summed E-state index contributed by atoms with van der Waals surface area (Å²) in [6, 6.07) is 9.82. The van der Waals surface area contributed by atoms with Crippen LogP contribution in [0.4, 0.5) is 11.4 Å². The highest BCUT2D eigenvalue weighted by molar-refractivity contribution is 6.03. The molecule has 0 unspecified atom stereocenters. The number of carbonyl (C=O) groups is 1. The summed E-state index contributed by atoms with van der Waals surface area (Å²) in [6.07, 6.45) is 1.17. The number of carbonyl (C=O) groups excluding carboxylic acids is 1. The molecular formula is C16H18N6O. The van der Waals surface area contributed by atoms with Crippen LogP contribution in [0.25, 0.3) is 0 Å². The van der Waals surface area contributed by atoms with Gasteiger partial charge in [-0.15, -0.1) is 0 Å². The minimum absolute atomic E-state index is 0.189. The Morgan fingerprint density at radius 1 is 1.13 bits per heavy atom. The van der Waals surface area contributed by atoms with Crippen molar-refractivity contribution in [3.05, 3.63) is 58.7 Å². The molecule has 0 fully saturated rings. The van der Waals surface area contributed by atoms with E-state index < -0.39 is 0 Å². The quantitative estimate of drug-likeness (QED) is 0.277. The number of rotatable bonds is 5. The first-order valence-electron chi connectivity index (χ1n) is 6.83. The fourth-order valence-electron chi connectivity index (χ4n) is 2.07. The van der Waals surface area contributed by atoms with E-state index in [1.807, 2.05) is 0 Å². The van der Waals surface area contributed by atoms with Gasteiger partial charge in [0.2, 0.25) is 0 Å². The first-order chi connectivity index (χ1) is 10.9. The van der Waals surface area contributed by atoms with Crippen LogP contribution in [0, 0.1) is 10.8 Å². The third-order valence-corrected chi connectivity index (χ3v) is 3.37. The standard InChI is InChI=1S/C16H18N6O/c17-7-11-5-9(1-3-13(11)18)8-22-16(23)10-2-4-14(19)12(6-10)15(20)21/h1-7,17H,8,18-19H2,(H3,20,21)(H,22,23). The van der Waals surface area contributed by atoms with Crippen LogP contribution < -0.4 is 22.5 Å². The summed E-state index contributed by atoms with van der Waals surface area (Å²) in [6.45, 7) is 0.291. The van der Waals surface area contributed by atoms with Crippen molar-refractivity contribution in [2.75, 3.05) is 11.5 Å². The molecule has 23 heavy (non-hydrogen) atoms. The van der Waals surface area contributed by atoms with Gasteiger partial charge in [-0.05, 0) is 35.9 Å². The first-order valence-corrected chi connectivity index (χ1v) is 6.83. The third kappa shape index (κ3) is 3.65. The van der Waals surface area contributed by atoms with Gasteiger partial charge in [-0.25, -0.2) is 0 Å². The minimum Gasteiger partial charge on any atom is -0.398 e. The molecule has 0 radical (unpaired) electrons. The van der Waals surface area contributed by atoms with Gasteiger partial charge in [0.1, 0.15) is 5.84 Å². The number of amidine groups is 1. The van der Waals surface area contributed by atoms with Gasteiger partial charge in [-0.3, -0.25) is 10.2 Å². The fraction of sp³-hybridized carbons (Fsp3) is 0.0625. The molecule has 0 atom stereocenters. The lowest BCUT2D eigenvalue weighted by atomic mass is 10.1. The van der Waals surface area contributed by atoms with Crippen LogP contribution in [0.15, 0.2) is 36.4 Å². The second kappa shape index (κ2) is 6.61. The Morgan fingerprint density at radius 2 is 1.83 bits per heavy atom. The van der Waals surface area contributed by atoms with Crippen LogP contribution in [0.5, 0.6) is 0 Å². The number of nitrogens with two attached hydrogens (primary N) is 3. The average Bonchev–Trinajstić information content (AvgIpc) is 2.53. The molecule has 0 aromatic heterocycles. The Morgan fingerprint density at radius 3 is 2.48 bits per heavy atom. The lowest BCUT2D eigenvalue weighted by Gasteiger charge is -2.09. The van der Waals surface area contributed by atoms with E-state index in [0.29, 0.717) is 34.6 Å². The summed E-state index contributed by atoms with van der Waals surface area (Å²) in [7, 11) is 0. The van der Waals surface area contributed by atoms with Crippen molar-refractivity contribution in [1.82, 2.24) is 5.32 Å². The SMILES string of the molecule is N=Cc1cc(CNC(=O)c2ccc(N)c(C(=N)N)c2)ccc1N. The van der Waals surface area contributed by atoms with E-state index in [1.54, 1.807) is 30.3 Å². The summed E-state index contributed by atoms with van der Waals surface area (Å²) < 4.78 is 0. The van der Waals surface area contributed by atoms with Crippen LogP contribution in [0.1, 0.15) is 27.0 Å². The van der Waals surface area contributed by atoms with Gasteiger partial charge in [0.25, 0.3) is 5.91 Å². The van der Waals surface area contributed by atoms with Gasteiger partial charge < -0.3 is 27.9 Å². The van der Waals surface area contributed by atoms with Crippen molar-refractivity contribution in [2.45, 2.75) is 6.54 Å².